The molecule has 2 rings (SSSR count). The van der Waals surface area contributed by atoms with Crippen molar-refractivity contribution in [2.24, 2.45) is 11.7 Å². The third kappa shape index (κ3) is 3.52. The van der Waals surface area contributed by atoms with Gasteiger partial charge in [-0.25, -0.2) is 0 Å². The van der Waals surface area contributed by atoms with E-state index in [1.165, 1.54) is 0 Å². The van der Waals surface area contributed by atoms with Crippen molar-refractivity contribution in [3.8, 4) is 5.75 Å². The molecular formula is C15H21N3O3. The molecule has 0 radical (unpaired) electrons. The number of benzene rings is 1. The highest BCUT2D eigenvalue weighted by Gasteiger charge is 2.24. The molecule has 0 unspecified atom stereocenters. The van der Waals surface area contributed by atoms with E-state index in [9.17, 15) is 9.59 Å². The lowest BCUT2D eigenvalue weighted by atomic mass is 10.1. The van der Waals surface area contributed by atoms with Crippen molar-refractivity contribution in [3.63, 3.8) is 0 Å². The van der Waals surface area contributed by atoms with Gasteiger partial charge in [-0.15, -0.1) is 0 Å². The van der Waals surface area contributed by atoms with Crippen LogP contribution < -0.4 is 20.7 Å². The first-order chi connectivity index (χ1) is 10.0. The molecule has 0 saturated heterocycles. The molecule has 114 valence electrons. The Morgan fingerprint density at radius 1 is 1.38 bits per heavy atom. The van der Waals surface area contributed by atoms with Crippen LogP contribution in [0, 0.1) is 5.92 Å². The predicted molar refractivity (Wildman–Crippen MR) is 80.1 cm³/mol. The number of amides is 2. The van der Waals surface area contributed by atoms with Gasteiger partial charge >= 0.3 is 0 Å². The third-order valence-electron chi connectivity index (χ3n) is 3.46. The molecule has 0 saturated carbocycles. The quantitative estimate of drug-likeness (QED) is 0.846. The largest absolute Gasteiger partial charge is 0.490 e. The Morgan fingerprint density at radius 2 is 2.10 bits per heavy atom. The van der Waals surface area contributed by atoms with Gasteiger partial charge in [0.2, 0.25) is 11.8 Å². The number of para-hydroxylation sites is 2. The Labute approximate surface area is 124 Å². The Balaban J connectivity index is 1.98. The van der Waals surface area contributed by atoms with Gasteiger partial charge in [-0.1, -0.05) is 26.0 Å². The molecule has 0 spiro atoms. The van der Waals surface area contributed by atoms with Gasteiger partial charge in [-0.05, 0) is 18.1 Å². The number of hydrogen-bond donors (Lipinski definition) is 2. The molecule has 1 aromatic rings. The van der Waals surface area contributed by atoms with E-state index in [4.69, 9.17) is 10.5 Å². The number of hydrogen-bond acceptors (Lipinski definition) is 4. The van der Waals surface area contributed by atoms with E-state index in [1.54, 1.807) is 4.90 Å². The van der Waals surface area contributed by atoms with E-state index in [0.29, 0.717) is 18.9 Å². The highest BCUT2D eigenvalue weighted by Crippen LogP contribution is 2.30. The first-order valence-electron chi connectivity index (χ1n) is 7.06. The third-order valence-corrected chi connectivity index (χ3v) is 3.46. The second-order valence-electron chi connectivity index (χ2n) is 5.35. The number of carbonyl (C=O) groups excluding carboxylic acids is 2. The molecule has 1 heterocycles. The summed E-state index contributed by atoms with van der Waals surface area (Å²) >= 11 is 0. The summed E-state index contributed by atoms with van der Waals surface area (Å²) < 4.78 is 5.50. The molecule has 0 fully saturated rings. The zero-order valence-corrected chi connectivity index (χ0v) is 12.3. The molecule has 1 aromatic carbocycles. The van der Waals surface area contributed by atoms with Gasteiger partial charge in [0.15, 0.2) is 0 Å². The number of nitrogens with two attached hydrogens (primary N) is 1. The average molecular weight is 291 g/mol. The highest BCUT2D eigenvalue weighted by molar-refractivity contribution is 5.98. The molecule has 1 aliphatic heterocycles. The van der Waals surface area contributed by atoms with E-state index in [2.05, 4.69) is 5.32 Å². The Hall–Kier alpha value is -2.08. The lowest BCUT2D eigenvalue weighted by Gasteiger charge is -2.29. The number of rotatable bonds is 4. The van der Waals surface area contributed by atoms with Crippen molar-refractivity contribution in [2.75, 3.05) is 24.6 Å². The topological polar surface area (TPSA) is 84.7 Å². The molecule has 1 atom stereocenters. The molecule has 0 aromatic heterocycles. The maximum absolute atomic E-state index is 12.3. The van der Waals surface area contributed by atoms with Crippen LogP contribution in [-0.4, -0.2) is 37.6 Å². The van der Waals surface area contributed by atoms with Gasteiger partial charge in [0.05, 0.1) is 24.8 Å². The van der Waals surface area contributed by atoms with Crippen molar-refractivity contribution >= 4 is 17.5 Å². The lowest BCUT2D eigenvalue weighted by molar-refractivity contribution is -0.126. The highest BCUT2D eigenvalue weighted by atomic mass is 16.5. The summed E-state index contributed by atoms with van der Waals surface area (Å²) in [7, 11) is 0. The van der Waals surface area contributed by atoms with Gasteiger partial charge in [-0.3, -0.25) is 9.59 Å². The van der Waals surface area contributed by atoms with Crippen LogP contribution >= 0.6 is 0 Å². The normalized spacial score (nSPS) is 15.1. The van der Waals surface area contributed by atoms with Crippen LogP contribution in [-0.2, 0) is 9.59 Å². The summed E-state index contributed by atoms with van der Waals surface area (Å²) in [5, 5.41) is 2.60. The maximum Gasteiger partial charge on any atom is 0.246 e. The van der Waals surface area contributed by atoms with Gasteiger partial charge in [0, 0.05) is 0 Å². The fraction of sp³-hybridized carbons (Fsp3) is 0.467. The molecule has 0 bridgehead atoms. The van der Waals surface area contributed by atoms with Crippen LogP contribution in [0.4, 0.5) is 5.69 Å². The molecular weight excluding hydrogens is 270 g/mol. The second kappa shape index (κ2) is 6.58. The minimum Gasteiger partial charge on any atom is -0.490 e. The number of carbonyl (C=O) groups is 2. The van der Waals surface area contributed by atoms with E-state index in [0.717, 1.165) is 5.69 Å². The Morgan fingerprint density at radius 3 is 2.81 bits per heavy atom. The van der Waals surface area contributed by atoms with Crippen molar-refractivity contribution in [2.45, 2.75) is 19.9 Å². The van der Waals surface area contributed by atoms with Crippen LogP contribution in [0.3, 0.4) is 0 Å². The fourth-order valence-corrected chi connectivity index (χ4v) is 2.11. The maximum atomic E-state index is 12.3. The summed E-state index contributed by atoms with van der Waals surface area (Å²) in [6.45, 7) is 4.59. The first-order valence-corrected chi connectivity index (χ1v) is 7.06. The van der Waals surface area contributed by atoms with E-state index in [-0.39, 0.29) is 24.3 Å². The molecule has 6 heteroatoms. The van der Waals surface area contributed by atoms with Crippen LogP contribution in [0.15, 0.2) is 24.3 Å². The smallest absolute Gasteiger partial charge is 0.246 e. The summed E-state index contributed by atoms with van der Waals surface area (Å²) in [5.41, 5.74) is 6.48. The molecule has 2 amide bonds. The second-order valence-corrected chi connectivity index (χ2v) is 5.35. The fourth-order valence-electron chi connectivity index (χ4n) is 2.11. The zero-order chi connectivity index (χ0) is 15.4. The van der Waals surface area contributed by atoms with Crippen molar-refractivity contribution in [1.29, 1.82) is 0 Å². The van der Waals surface area contributed by atoms with E-state index < -0.39 is 6.04 Å². The Kier molecular flexibility index (Phi) is 4.80. The summed E-state index contributed by atoms with van der Waals surface area (Å²) in [6.07, 6.45) is 0. The predicted octanol–water partition coefficient (Wildman–Crippen LogP) is 0.511. The van der Waals surface area contributed by atoms with Gasteiger partial charge in [0.1, 0.15) is 12.4 Å². The summed E-state index contributed by atoms with van der Waals surface area (Å²) in [5.74, 6) is 0.237. The lowest BCUT2D eigenvalue weighted by Crippen LogP contribution is -2.49. The number of nitrogens with one attached hydrogen (secondary N) is 1. The van der Waals surface area contributed by atoms with Crippen LogP contribution in [0.5, 0.6) is 5.75 Å². The Bertz CT molecular complexity index is 531. The number of anilines is 1. The van der Waals surface area contributed by atoms with Crippen LogP contribution in [0.1, 0.15) is 13.8 Å². The minimum absolute atomic E-state index is 0.0317. The van der Waals surface area contributed by atoms with Crippen molar-refractivity contribution < 1.29 is 14.3 Å². The van der Waals surface area contributed by atoms with Gasteiger partial charge < -0.3 is 20.7 Å². The van der Waals surface area contributed by atoms with Crippen LogP contribution in [0.2, 0.25) is 0 Å². The summed E-state index contributed by atoms with van der Waals surface area (Å²) in [6, 6.07) is 6.75. The molecule has 3 N–H and O–H groups in total. The number of ether oxygens (including phenoxy) is 1. The van der Waals surface area contributed by atoms with Crippen LogP contribution in [0.25, 0.3) is 0 Å². The monoisotopic (exact) mass is 291 g/mol. The molecule has 21 heavy (non-hydrogen) atoms. The standard InChI is InChI=1S/C15H21N3O3/c1-10(2)14(16)15(20)17-9-13(19)18-7-8-21-12-6-4-3-5-11(12)18/h3-6,10,14H,7-9,16H2,1-2H3,(H,17,20)/t14-/m0/s1. The zero-order valence-electron chi connectivity index (χ0n) is 12.3. The minimum atomic E-state index is -0.602. The van der Waals surface area contributed by atoms with Gasteiger partial charge in [-0.2, -0.15) is 0 Å². The first kappa shape index (κ1) is 15.3. The van der Waals surface area contributed by atoms with Crippen molar-refractivity contribution in [1.82, 2.24) is 5.32 Å². The van der Waals surface area contributed by atoms with Gasteiger partial charge in [0.25, 0.3) is 0 Å². The molecule has 1 aliphatic rings. The number of nitrogens with zero attached hydrogens (tertiary/aromatic N) is 1. The number of fused-ring (bicyclic) bond motifs is 1. The molecule has 0 aliphatic carbocycles. The average Bonchev–Trinajstić information content (AvgIpc) is 2.50. The molecule has 6 nitrogen and oxygen atoms in total. The van der Waals surface area contributed by atoms with E-state index >= 15 is 0 Å². The van der Waals surface area contributed by atoms with E-state index in [1.807, 2.05) is 38.1 Å². The summed E-state index contributed by atoms with van der Waals surface area (Å²) in [4.78, 5) is 25.7. The van der Waals surface area contributed by atoms with Crippen molar-refractivity contribution in [3.05, 3.63) is 24.3 Å². The SMILES string of the molecule is CC(C)[C@H](N)C(=O)NCC(=O)N1CCOc2ccccc21.